The molecule has 1 N–H and O–H groups in total. The predicted molar refractivity (Wildman–Crippen MR) is 185 cm³/mol. The average molecular weight is 664 g/mol. The van der Waals surface area contributed by atoms with Crippen LogP contribution in [-0.4, -0.2) is 73.5 Å². The van der Waals surface area contributed by atoms with E-state index in [0.29, 0.717) is 25.2 Å². The molecule has 0 amide bonds. The Bertz CT molecular complexity index is 1550. The van der Waals surface area contributed by atoms with Crippen molar-refractivity contribution in [2.24, 2.45) is 5.92 Å². The molecule has 2 fully saturated rings. The van der Waals surface area contributed by atoms with Crippen molar-refractivity contribution in [3.63, 3.8) is 0 Å². The van der Waals surface area contributed by atoms with Gasteiger partial charge in [0.2, 0.25) is 0 Å². The maximum Gasteiger partial charge on any atom is 0.311 e. The summed E-state index contributed by atoms with van der Waals surface area (Å²) in [5, 5.41) is 11.2. The van der Waals surface area contributed by atoms with Crippen molar-refractivity contribution in [3.05, 3.63) is 96.1 Å². The van der Waals surface area contributed by atoms with E-state index in [2.05, 4.69) is 66.4 Å². The average Bonchev–Trinajstić information content (AvgIpc) is 3.37. The molecule has 0 bridgehead atoms. The van der Waals surface area contributed by atoms with E-state index in [1.165, 1.54) is 41.0 Å². The van der Waals surface area contributed by atoms with E-state index in [0.717, 1.165) is 49.3 Å². The van der Waals surface area contributed by atoms with Crippen LogP contribution in [0.5, 0.6) is 5.75 Å². The van der Waals surface area contributed by atoms with Crippen molar-refractivity contribution in [1.29, 1.82) is 0 Å². The van der Waals surface area contributed by atoms with Crippen molar-refractivity contribution in [3.8, 4) is 16.9 Å². The second kappa shape index (κ2) is 16.2. The van der Waals surface area contributed by atoms with Gasteiger partial charge < -0.3 is 14.6 Å². The normalized spacial score (nSPS) is 22.3. The van der Waals surface area contributed by atoms with Crippen LogP contribution in [0.1, 0.15) is 43.2 Å². The third-order valence-electron chi connectivity index (χ3n) is 8.89. The lowest BCUT2D eigenvalue weighted by Gasteiger charge is -2.37. The zero-order chi connectivity index (χ0) is 32.5. The summed E-state index contributed by atoms with van der Waals surface area (Å²) in [6.45, 7) is 4.59. The molecule has 1 aliphatic carbocycles. The highest BCUT2D eigenvalue weighted by atomic mass is 32.2. The van der Waals surface area contributed by atoms with Gasteiger partial charge in [-0.25, -0.2) is 8.42 Å². The molecule has 1 heterocycles. The Hall–Kier alpha value is -2.95. The topological polar surface area (TPSA) is 93.1 Å². The second-order valence-corrected chi connectivity index (χ2v) is 15.6. The Labute approximate surface area is 277 Å². The fourth-order valence-corrected chi connectivity index (χ4v) is 7.96. The summed E-state index contributed by atoms with van der Waals surface area (Å²) in [4.78, 5) is 15.0. The molecule has 1 aliphatic heterocycles. The molecule has 1 saturated heterocycles. The number of sulfone groups is 1. The Balaban J connectivity index is 1.13. The van der Waals surface area contributed by atoms with E-state index in [1.807, 2.05) is 17.8 Å². The first-order chi connectivity index (χ1) is 22.2. The van der Waals surface area contributed by atoms with Gasteiger partial charge in [0.25, 0.3) is 0 Å². The van der Waals surface area contributed by atoms with Gasteiger partial charge in [-0.15, -0.1) is 0 Å². The van der Waals surface area contributed by atoms with Gasteiger partial charge in [-0.1, -0.05) is 66.2 Å². The number of esters is 1. The van der Waals surface area contributed by atoms with Crippen LogP contribution in [0.25, 0.3) is 11.1 Å². The molecule has 246 valence electrons. The van der Waals surface area contributed by atoms with Crippen LogP contribution < -0.4 is 4.74 Å². The molecule has 3 aromatic rings. The van der Waals surface area contributed by atoms with E-state index in [4.69, 9.17) is 9.47 Å². The molecular formula is C37H45NO6S2. The Kier molecular flexibility index (Phi) is 12.1. The number of rotatable bonds is 13. The molecular weight excluding hydrogens is 619 g/mol. The van der Waals surface area contributed by atoms with Crippen molar-refractivity contribution < 1.29 is 27.8 Å². The van der Waals surface area contributed by atoms with E-state index in [1.54, 1.807) is 0 Å². The van der Waals surface area contributed by atoms with Crippen LogP contribution >= 0.6 is 11.8 Å². The molecule has 9 heteroatoms. The van der Waals surface area contributed by atoms with Gasteiger partial charge in [-0.2, -0.15) is 11.8 Å². The molecule has 3 aromatic carbocycles. The number of hydrogen-bond donors (Lipinski definition) is 1. The monoisotopic (exact) mass is 663 g/mol. The van der Waals surface area contributed by atoms with Crippen LogP contribution in [0.15, 0.2) is 89.8 Å². The third-order valence-corrected chi connectivity index (χ3v) is 11.0. The van der Waals surface area contributed by atoms with Gasteiger partial charge in [-0.05, 0) is 67.1 Å². The summed E-state index contributed by atoms with van der Waals surface area (Å²) < 4.78 is 35.1. The maximum atomic E-state index is 12.3. The minimum atomic E-state index is -3.30. The Morgan fingerprint density at radius 3 is 2.22 bits per heavy atom. The van der Waals surface area contributed by atoms with Gasteiger partial charge in [0.1, 0.15) is 5.75 Å². The molecule has 2 aliphatic rings. The minimum absolute atomic E-state index is 0.0242. The summed E-state index contributed by atoms with van der Waals surface area (Å²) in [5.74, 6) is 2.37. The fraction of sp³-hybridized carbons (Fsp3) is 0.432. The van der Waals surface area contributed by atoms with E-state index in [9.17, 15) is 18.3 Å². The molecule has 1 saturated carbocycles. The molecule has 0 radical (unpaired) electrons. The van der Waals surface area contributed by atoms with E-state index >= 15 is 0 Å². The maximum absolute atomic E-state index is 12.3. The molecule has 4 atom stereocenters. The van der Waals surface area contributed by atoms with Crippen LogP contribution in [0, 0.1) is 12.8 Å². The smallest absolute Gasteiger partial charge is 0.311 e. The number of benzene rings is 3. The number of carbonyl (C=O) groups is 1. The second-order valence-electron chi connectivity index (χ2n) is 12.3. The van der Waals surface area contributed by atoms with Crippen LogP contribution in [0.3, 0.4) is 0 Å². The van der Waals surface area contributed by atoms with Crippen molar-refractivity contribution in [2.45, 2.75) is 68.8 Å². The molecule has 0 unspecified atom stereocenters. The number of aliphatic hydroxyl groups is 1. The number of nitrogens with zero attached hydrogens (tertiary/aromatic N) is 1. The van der Waals surface area contributed by atoms with Gasteiger partial charge in [-0.3, -0.25) is 9.69 Å². The highest BCUT2D eigenvalue weighted by Crippen LogP contribution is 2.37. The first-order valence-electron chi connectivity index (χ1n) is 16.1. The molecule has 0 spiro atoms. The van der Waals surface area contributed by atoms with E-state index < -0.39 is 15.9 Å². The lowest BCUT2D eigenvalue weighted by atomic mass is 9.93. The third kappa shape index (κ3) is 9.55. The Morgan fingerprint density at radius 1 is 0.935 bits per heavy atom. The van der Waals surface area contributed by atoms with Crippen LogP contribution in [-0.2, 0) is 26.0 Å². The highest BCUT2D eigenvalue weighted by molar-refractivity contribution is 7.99. The van der Waals surface area contributed by atoms with Crippen molar-refractivity contribution >= 4 is 27.6 Å². The molecule has 0 aromatic heterocycles. The molecule has 7 nitrogen and oxygen atoms in total. The van der Waals surface area contributed by atoms with Crippen LogP contribution in [0.2, 0.25) is 0 Å². The standard InChI is InChI=1S/C37H45NO6S2/c1-27-9-13-29(14-10-27)30-15-11-28(12-16-30)26-43-35-25-34(39)37(38-21-23-45-24-22-38)33(35)7-5-3-4-6-8-36(40)44-31-17-19-32(20-18-31)46(2,41)42/h3-4,9-20,33-35,37,39H,5-8,21-26H2,1-2H3/t33-,34+,35-,37+/m1/s1. The fourth-order valence-electron chi connectivity index (χ4n) is 6.40. The van der Waals surface area contributed by atoms with Gasteiger partial charge in [0.05, 0.1) is 23.7 Å². The number of hydrogen-bond acceptors (Lipinski definition) is 8. The number of thioether (sulfide) groups is 1. The first kappa shape index (κ1) is 34.4. The quantitative estimate of drug-likeness (QED) is 0.126. The van der Waals surface area contributed by atoms with Gasteiger partial charge in [0, 0.05) is 55.7 Å². The van der Waals surface area contributed by atoms with Crippen molar-refractivity contribution in [1.82, 2.24) is 4.90 Å². The van der Waals surface area contributed by atoms with E-state index in [-0.39, 0.29) is 35.3 Å². The summed E-state index contributed by atoms with van der Waals surface area (Å²) >= 11 is 1.97. The summed E-state index contributed by atoms with van der Waals surface area (Å²) in [6, 6.07) is 23.1. The van der Waals surface area contributed by atoms with Gasteiger partial charge in [0.15, 0.2) is 9.84 Å². The first-order valence-corrected chi connectivity index (χ1v) is 19.2. The zero-order valence-electron chi connectivity index (χ0n) is 26.7. The summed E-state index contributed by atoms with van der Waals surface area (Å²) in [7, 11) is -3.30. The highest BCUT2D eigenvalue weighted by Gasteiger charge is 2.45. The van der Waals surface area contributed by atoms with Crippen LogP contribution in [0.4, 0.5) is 0 Å². The Morgan fingerprint density at radius 2 is 1.57 bits per heavy atom. The number of carbonyl (C=O) groups excluding carboxylic acids is 1. The number of aryl methyl sites for hydroxylation is 1. The van der Waals surface area contributed by atoms with Crippen molar-refractivity contribution in [2.75, 3.05) is 30.9 Å². The number of aliphatic hydroxyl groups excluding tert-OH is 1. The minimum Gasteiger partial charge on any atom is -0.427 e. The summed E-state index contributed by atoms with van der Waals surface area (Å²) in [6.07, 6.45) is 7.99. The number of allylic oxidation sites excluding steroid dienone is 2. The molecule has 5 rings (SSSR count). The predicted octanol–water partition coefficient (Wildman–Crippen LogP) is 6.47. The summed E-state index contributed by atoms with van der Waals surface area (Å²) in [5.41, 5.74) is 4.76. The largest absolute Gasteiger partial charge is 0.427 e. The lowest BCUT2D eigenvalue weighted by Crippen LogP contribution is -2.48. The zero-order valence-corrected chi connectivity index (χ0v) is 28.3. The number of ether oxygens (including phenoxy) is 2. The lowest BCUT2D eigenvalue weighted by molar-refractivity contribution is -0.134. The molecule has 46 heavy (non-hydrogen) atoms. The SMILES string of the molecule is Cc1ccc(-c2ccc(CO[C@@H]3C[C@H](O)[C@@H](N4CCSCC4)[C@@H]3CCC=CCCC(=O)Oc3ccc(S(C)(=O)=O)cc3)cc2)cc1. The van der Waals surface area contributed by atoms with Gasteiger partial charge >= 0.3 is 5.97 Å².